The number of fused-ring (bicyclic) bond motifs is 3. The number of carbonyl (C=O) groups is 1. The molecule has 1 aromatic heterocycles. The van der Waals surface area contributed by atoms with Gasteiger partial charge in [-0.05, 0) is 91.1 Å². The van der Waals surface area contributed by atoms with Crippen LogP contribution in [0.4, 0.5) is 11.4 Å². The number of hydrogen-bond donors (Lipinski definition) is 3. The van der Waals surface area contributed by atoms with Crippen molar-refractivity contribution in [3.05, 3.63) is 80.6 Å². The Bertz CT molecular complexity index is 1490. The average Bonchev–Trinajstić information content (AvgIpc) is 3.56. The number of hydrazine groups is 2. The maximum absolute atomic E-state index is 12.2. The molecular formula is C32H38ClN5O3. The van der Waals surface area contributed by atoms with Gasteiger partial charge in [0.15, 0.2) is 0 Å². The Morgan fingerprint density at radius 2 is 2.12 bits per heavy atom. The van der Waals surface area contributed by atoms with Crippen molar-refractivity contribution in [2.75, 3.05) is 24.0 Å². The molecule has 8 nitrogen and oxygen atoms in total. The number of anilines is 2. The maximum atomic E-state index is 12.2. The van der Waals surface area contributed by atoms with Gasteiger partial charge in [-0.3, -0.25) is 19.7 Å². The van der Waals surface area contributed by atoms with Crippen molar-refractivity contribution >= 4 is 28.9 Å². The Morgan fingerprint density at radius 3 is 2.90 bits per heavy atom. The predicted molar refractivity (Wildman–Crippen MR) is 162 cm³/mol. The number of rotatable bonds is 7. The highest BCUT2D eigenvalue weighted by atomic mass is 35.5. The van der Waals surface area contributed by atoms with Crippen molar-refractivity contribution in [2.45, 2.75) is 77.5 Å². The number of hydrogen-bond acceptors (Lipinski definition) is 7. The summed E-state index contributed by atoms with van der Waals surface area (Å²) in [5.74, 6) is -0.293. The predicted octanol–water partition coefficient (Wildman–Crippen LogP) is 6.15. The van der Waals surface area contributed by atoms with E-state index in [1.807, 2.05) is 43.4 Å². The van der Waals surface area contributed by atoms with Gasteiger partial charge < -0.3 is 15.3 Å². The lowest BCUT2D eigenvalue weighted by atomic mass is 9.83. The number of carboxylic acid groups (broad SMARTS) is 1. The minimum absolute atomic E-state index is 0.0133. The van der Waals surface area contributed by atoms with Crippen LogP contribution in [0.1, 0.15) is 84.1 Å². The van der Waals surface area contributed by atoms with E-state index in [9.17, 15) is 9.90 Å². The fourth-order valence-electron chi connectivity index (χ4n) is 6.80. The number of benzene rings is 2. The van der Waals surface area contributed by atoms with Gasteiger partial charge in [0, 0.05) is 32.3 Å². The molecule has 0 spiro atoms. The van der Waals surface area contributed by atoms with Crippen LogP contribution in [0.5, 0.6) is 5.75 Å². The SMILES string of the molecule is CC[C@@H]1CN(Cc2cc(C(CC(=O)O)c3cc(Cl)c4c(c3C)NNN4C)cc3c2CCC3)[C@@H](C)c2ncccc2O1. The summed E-state index contributed by atoms with van der Waals surface area (Å²) in [5.41, 5.74) is 16.0. The summed E-state index contributed by atoms with van der Waals surface area (Å²) < 4.78 is 6.37. The molecule has 3 aliphatic rings. The molecule has 6 rings (SSSR count). The lowest BCUT2D eigenvalue weighted by Crippen LogP contribution is -2.34. The average molecular weight is 576 g/mol. The number of nitrogens with one attached hydrogen (secondary N) is 2. The summed E-state index contributed by atoms with van der Waals surface area (Å²) in [6.45, 7) is 7.97. The number of aromatic nitrogens is 1. The highest BCUT2D eigenvalue weighted by Gasteiger charge is 2.32. The molecule has 3 N–H and O–H groups in total. The van der Waals surface area contributed by atoms with E-state index in [0.717, 1.165) is 78.3 Å². The summed E-state index contributed by atoms with van der Waals surface area (Å²) >= 11 is 6.77. The Kier molecular flexibility index (Phi) is 7.57. The van der Waals surface area contributed by atoms with E-state index in [4.69, 9.17) is 21.3 Å². The van der Waals surface area contributed by atoms with Crippen molar-refractivity contribution in [3.63, 3.8) is 0 Å². The first-order valence-corrected chi connectivity index (χ1v) is 14.9. The molecule has 0 amide bonds. The van der Waals surface area contributed by atoms with Crippen LogP contribution in [0.3, 0.4) is 0 Å². The van der Waals surface area contributed by atoms with Gasteiger partial charge in [0.05, 0.1) is 34.6 Å². The van der Waals surface area contributed by atoms with Crippen LogP contribution in [0.25, 0.3) is 0 Å². The molecule has 1 unspecified atom stereocenters. The molecule has 1 aliphatic carbocycles. The van der Waals surface area contributed by atoms with E-state index in [2.05, 4.69) is 41.8 Å². The van der Waals surface area contributed by atoms with Gasteiger partial charge in [-0.15, -0.1) is 5.53 Å². The van der Waals surface area contributed by atoms with E-state index >= 15 is 0 Å². The second-order valence-corrected chi connectivity index (χ2v) is 12.0. The first-order valence-electron chi connectivity index (χ1n) is 14.6. The summed E-state index contributed by atoms with van der Waals surface area (Å²) in [4.78, 5) is 19.4. The Hall–Kier alpha value is -3.33. The van der Waals surface area contributed by atoms with Gasteiger partial charge in [0.2, 0.25) is 0 Å². The maximum Gasteiger partial charge on any atom is 0.304 e. The molecule has 0 saturated heterocycles. The van der Waals surface area contributed by atoms with Crippen LogP contribution in [0.2, 0.25) is 5.02 Å². The third-order valence-corrected chi connectivity index (χ3v) is 9.32. The zero-order valence-electron chi connectivity index (χ0n) is 24.1. The zero-order valence-corrected chi connectivity index (χ0v) is 24.9. The standard InChI is InChI=1S/C32H38ClN5O3/c1-5-23-17-38(19(3)31-28(41-23)10-7-11-34-31)16-22-13-21(12-20-8-6-9-24(20)22)26(15-29(39)40)25-14-27(33)32-30(18(25)2)35-36-37(32)4/h7,10-14,19,23,26,35-36H,5-6,8-9,15-17H2,1-4H3,(H,39,40)/t19-,23+,26?/m0/s1. The summed E-state index contributed by atoms with van der Waals surface area (Å²) in [5, 5.41) is 12.5. The fraction of sp³-hybridized carbons (Fsp3) is 0.438. The molecule has 3 heterocycles. The van der Waals surface area contributed by atoms with Gasteiger partial charge in [-0.25, -0.2) is 0 Å². The highest BCUT2D eigenvalue weighted by molar-refractivity contribution is 6.34. The van der Waals surface area contributed by atoms with Crippen LogP contribution < -0.4 is 20.7 Å². The number of aryl methyl sites for hydroxylation is 1. The minimum atomic E-state index is -0.831. The molecular weight excluding hydrogens is 538 g/mol. The number of aliphatic carboxylic acids is 1. The van der Waals surface area contributed by atoms with Crippen molar-refractivity contribution in [1.29, 1.82) is 0 Å². The van der Waals surface area contributed by atoms with Gasteiger partial charge in [-0.2, -0.15) is 0 Å². The van der Waals surface area contributed by atoms with E-state index in [1.54, 1.807) is 0 Å². The molecule has 0 fully saturated rings. The number of carboxylic acids is 1. The fourth-order valence-corrected chi connectivity index (χ4v) is 7.14. The molecule has 2 aromatic carbocycles. The Balaban J connectivity index is 1.42. The smallest absolute Gasteiger partial charge is 0.304 e. The van der Waals surface area contributed by atoms with Gasteiger partial charge in [0.1, 0.15) is 11.9 Å². The second kappa shape index (κ2) is 11.2. The third-order valence-electron chi connectivity index (χ3n) is 9.03. The van der Waals surface area contributed by atoms with Crippen molar-refractivity contribution < 1.29 is 14.6 Å². The molecule has 0 radical (unpaired) electrons. The molecule has 3 aromatic rings. The van der Waals surface area contributed by atoms with E-state index in [0.29, 0.717) is 5.02 Å². The van der Waals surface area contributed by atoms with Gasteiger partial charge in [-0.1, -0.05) is 30.7 Å². The molecule has 0 saturated carbocycles. The highest BCUT2D eigenvalue weighted by Crippen LogP contribution is 2.45. The molecule has 9 heteroatoms. The Labute approximate surface area is 246 Å². The lowest BCUT2D eigenvalue weighted by Gasteiger charge is -2.30. The molecule has 2 aliphatic heterocycles. The van der Waals surface area contributed by atoms with Crippen LogP contribution >= 0.6 is 11.6 Å². The largest absolute Gasteiger partial charge is 0.487 e. The summed E-state index contributed by atoms with van der Waals surface area (Å²) in [7, 11) is 1.90. The zero-order chi connectivity index (χ0) is 28.8. The first kappa shape index (κ1) is 27.8. The molecule has 216 valence electrons. The monoisotopic (exact) mass is 575 g/mol. The first-order chi connectivity index (χ1) is 19.7. The van der Waals surface area contributed by atoms with Gasteiger partial charge in [0.25, 0.3) is 0 Å². The Morgan fingerprint density at radius 1 is 1.29 bits per heavy atom. The number of halogens is 1. The van der Waals surface area contributed by atoms with Crippen molar-refractivity contribution in [3.8, 4) is 5.75 Å². The van der Waals surface area contributed by atoms with Crippen molar-refractivity contribution in [2.24, 2.45) is 0 Å². The van der Waals surface area contributed by atoms with Crippen molar-refractivity contribution in [1.82, 2.24) is 15.4 Å². The number of ether oxygens (including phenoxy) is 1. The normalized spacial score (nSPS) is 20.5. The van der Waals surface area contributed by atoms with Crippen LogP contribution in [-0.2, 0) is 24.2 Å². The molecule has 0 bridgehead atoms. The summed E-state index contributed by atoms with van der Waals surface area (Å²) in [6, 6.07) is 10.5. The quantitative estimate of drug-likeness (QED) is 0.309. The second-order valence-electron chi connectivity index (χ2n) is 11.6. The van der Waals surface area contributed by atoms with Gasteiger partial charge >= 0.3 is 5.97 Å². The van der Waals surface area contributed by atoms with E-state index < -0.39 is 5.97 Å². The third kappa shape index (κ3) is 5.13. The minimum Gasteiger partial charge on any atom is -0.487 e. The van der Waals surface area contributed by atoms with Crippen LogP contribution in [-0.4, -0.2) is 40.7 Å². The van der Waals surface area contributed by atoms with Crippen LogP contribution in [0.15, 0.2) is 36.5 Å². The number of nitrogens with zero attached hydrogens (tertiary/aromatic N) is 3. The molecule has 3 atom stereocenters. The molecule has 41 heavy (non-hydrogen) atoms. The van der Waals surface area contributed by atoms with E-state index in [1.165, 1.54) is 16.7 Å². The topological polar surface area (TPSA) is 90.0 Å². The summed E-state index contributed by atoms with van der Waals surface area (Å²) in [6.07, 6.45) is 5.98. The number of pyridine rings is 1. The van der Waals surface area contributed by atoms with Crippen LogP contribution in [0, 0.1) is 6.92 Å². The lowest BCUT2D eigenvalue weighted by molar-refractivity contribution is -0.137. The van der Waals surface area contributed by atoms with E-state index in [-0.39, 0.29) is 24.5 Å².